The molecule has 0 unspecified atom stereocenters. The molecule has 8 heteroatoms. The summed E-state index contributed by atoms with van der Waals surface area (Å²) < 4.78 is 15.4. The van der Waals surface area contributed by atoms with Gasteiger partial charge < -0.3 is 24.1 Å². The van der Waals surface area contributed by atoms with Crippen molar-refractivity contribution in [3.05, 3.63) is 42.2 Å². The van der Waals surface area contributed by atoms with Gasteiger partial charge in [-0.3, -0.25) is 0 Å². The van der Waals surface area contributed by atoms with E-state index in [0.29, 0.717) is 37.1 Å². The van der Waals surface area contributed by atoms with E-state index in [1.165, 1.54) is 18.9 Å². The number of nitrogens with one attached hydrogen (secondary N) is 1. The number of carbonyl (C=O) groups excluding carboxylic acids is 2. The van der Waals surface area contributed by atoms with Crippen molar-refractivity contribution in [2.24, 2.45) is 0 Å². The molecule has 1 N–H and O–H groups in total. The van der Waals surface area contributed by atoms with Crippen LogP contribution >= 0.6 is 11.8 Å². The molecule has 0 bridgehead atoms. The SMILES string of the molecule is COC(=O)c1ccc(Sc2ccccc2NC(=O)N2CCOCC2)o1. The predicted molar refractivity (Wildman–Crippen MR) is 92.0 cm³/mol. The van der Waals surface area contributed by atoms with E-state index >= 15 is 0 Å². The standard InChI is InChI=1S/C17H18N2O5S/c1-22-16(20)13-6-7-15(24-13)25-14-5-3-2-4-12(14)18-17(21)19-8-10-23-11-9-19/h2-7H,8-11H2,1H3,(H,18,21). The summed E-state index contributed by atoms with van der Waals surface area (Å²) in [6.07, 6.45) is 0. The van der Waals surface area contributed by atoms with Gasteiger partial charge in [-0.25, -0.2) is 9.59 Å². The summed E-state index contributed by atoms with van der Waals surface area (Å²) in [6.45, 7) is 2.24. The fraction of sp³-hybridized carbons (Fsp3) is 0.294. The zero-order valence-corrected chi connectivity index (χ0v) is 14.5. The lowest BCUT2D eigenvalue weighted by Gasteiger charge is -2.27. The molecule has 2 aromatic rings. The van der Waals surface area contributed by atoms with E-state index in [4.69, 9.17) is 9.15 Å². The lowest BCUT2D eigenvalue weighted by atomic mass is 10.3. The third-order valence-corrected chi connectivity index (χ3v) is 4.60. The number of esters is 1. The van der Waals surface area contributed by atoms with Gasteiger partial charge in [0.05, 0.1) is 26.0 Å². The number of carbonyl (C=O) groups is 2. The van der Waals surface area contributed by atoms with Crippen LogP contribution in [-0.4, -0.2) is 50.3 Å². The number of hydrogen-bond acceptors (Lipinski definition) is 6. The molecule has 2 heterocycles. The number of benzene rings is 1. The average molecular weight is 362 g/mol. The number of para-hydroxylation sites is 1. The van der Waals surface area contributed by atoms with E-state index in [2.05, 4.69) is 10.1 Å². The maximum atomic E-state index is 12.4. The second-order valence-corrected chi connectivity index (χ2v) is 6.28. The van der Waals surface area contributed by atoms with E-state index in [1.54, 1.807) is 17.0 Å². The highest BCUT2D eigenvalue weighted by Gasteiger charge is 2.18. The normalized spacial score (nSPS) is 14.2. The third kappa shape index (κ3) is 4.34. The molecule has 1 saturated heterocycles. The van der Waals surface area contributed by atoms with E-state index in [9.17, 15) is 9.59 Å². The van der Waals surface area contributed by atoms with E-state index in [1.807, 2.05) is 24.3 Å². The van der Waals surface area contributed by atoms with Crippen LogP contribution in [0.15, 0.2) is 50.8 Å². The first-order chi connectivity index (χ1) is 12.2. The molecule has 0 aliphatic carbocycles. The van der Waals surface area contributed by atoms with Gasteiger partial charge in [0.1, 0.15) is 0 Å². The fourth-order valence-electron chi connectivity index (χ4n) is 2.31. The Morgan fingerprint density at radius 2 is 1.92 bits per heavy atom. The van der Waals surface area contributed by atoms with Crippen LogP contribution in [0.4, 0.5) is 10.5 Å². The van der Waals surface area contributed by atoms with Crippen LogP contribution in [0.2, 0.25) is 0 Å². The Kier molecular flexibility index (Phi) is 5.62. The lowest BCUT2D eigenvalue weighted by Crippen LogP contribution is -2.43. The molecule has 25 heavy (non-hydrogen) atoms. The number of rotatable bonds is 4. The van der Waals surface area contributed by atoms with Crippen LogP contribution in [0.25, 0.3) is 0 Å². The van der Waals surface area contributed by atoms with Crippen molar-refractivity contribution in [2.75, 3.05) is 38.7 Å². The summed E-state index contributed by atoms with van der Waals surface area (Å²) in [5.41, 5.74) is 0.681. The minimum absolute atomic E-state index is 0.139. The Labute approximate surface area is 149 Å². The maximum absolute atomic E-state index is 12.4. The maximum Gasteiger partial charge on any atom is 0.374 e. The lowest BCUT2D eigenvalue weighted by molar-refractivity contribution is 0.0559. The molecule has 0 atom stereocenters. The smallest absolute Gasteiger partial charge is 0.374 e. The number of anilines is 1. The number of urea groups is 1. The molecular weight excluding hydrogens is 344 g/mol. The van der Waals surface area contributed by atoms with Crippen LogP contribution < -0.4 is 5.32 Å². The van der Waals surface area contributed by atoms with Gasteiger partial charge in [0.25, 0.3) is 0 Å². The van der Waals surface area contributed by atoms with Gasteiger partial charge in [0, 0.05) is 18.0 Å². The molecule has 3 rings (SSSR count). The summed E-state index contributed by atoms with van der Waals surface area (Å²) in [5, 5.41) is 3.45. The zero-order chi connectivity index (χ0) is 17.6. The van der Waals surface area contributed by atoms with Gasteiger partial charge in [-0.1, -0.05) is 12.1 Å². The number of furan rings is 1. The van der Waals surface area contributed by atoms with Crippen molar-refractivity contribution in [3.8, 4) is 0 Å². The quantitative estimate of drug-likeness (QED) is 0.842. The highest BCUT2D eigenvalue weighted by Crippen LogP contribution is 2.34. The van der Waals surface area contributed by atoms with Gasteiger partial charge in [0.2, 0.25) is 5.76 Å². The molecule has 1 aromatic carbocycles. The van der Waals surface area contributed by atoms with Crippen molar-refractivity contribution in [2.45, 2.75) is 9.99 Å². The molecule has 1 aliphatic rings. The fourth-order valence-corrected chi connectivity index (χ4v) is 3.17. The van der Waals surface area contributed by atoms with E-state index in [-0.39, 0.29) is 11.8 Å². The van der Waals surface area contributed by atoms with Gasteiger partial charge in [-0.2, -0.15) is 0 Å². The first-order valence-electron chi connectivity index (χ1n) is 7.76. The van der Waals surface area contributed by atoms with Crippen LogP contribution in [0.3, 0.4) is 0 Å². The molecule has 0 saturated carbocycles. The zero-order valence-electron chi connectivity index (χ0n) is 13.7. The van der Waals surface area contributed by atoms with Gasteiger partial charge in [0.15, 0.2) is 5.09 Å². The molecular formula is C17H18N2O5S. The molecule has 1 aromatic heterocycles. The Bertz CT molecular complexity index is 755. The molecule has 2 amide bonds. The second-order valence-electron chi connectivity index (χ2n) is 5.24. The van der Waals surface area contributed by atoms with Gasteiger partial charge in [-0.15, -0.1) is 0 Å². The molecule has 1 aliphatic heterocycles. The minimum Gasteiger partial charge on any atom is -0.463 e. The molecule has 0 radical (unpaired) electrons. The average Bonchev–Trinajstić information content (AvgIpc) is 3.12. The second kappa shape index (κ2) is 8.09. The number of nitrogens with zero attached hydrogens (tertiary/aromatic N) is 1. The van der Waals surface area contributed by atoms with Crippen LogP contribution in [0.5, 0.6) is 0 Å². The summed E-state index contributed by atoms with van der Waals surface area (Å²) >= 11 is 1.32. The molecule has 7 nitrogen and oxygen atoms in total. The van der Waals surface area contributed by atoms with Crippen molar-refractivity contribution in [3.63, 3.8) is 0 Å². The highest BCUT2D eigenvalue weighted by molar-refractivity contribution is 7.99. The minimum atomic E-state index is -0.527. The summed E-state index contributed by atoms with van der Waals surface area (Å²) in [7, 11) is 1.30. The summed E-state index contributed by atoms with van der Waals surface area (Å²) in [5.74, 6) is -0.388. The van der Waals surface area contributed by atoms with Crippen molar-refractivity contribution >= 4 is 29.4 Å². The largest absolute Gasteiger partial charge is 0.463 e. The number of morpholine rings is 1. The van der Waals surface area contributed by atoms with E-state index < -0.39 is 5.97 Å². The molecule has 1 fully saturated rings. The highest BCUT2D eigenvalue weighted by atomic mass is 32.2. The summed E-state index contributed by atoms with van der Waals surface area (Å²) in [4.78, 5) is 26.4. The monoisotopic (exact) mass is 362 g/mol. The van der Waals surface area contributed by atoms with Crippen LogP contribution in [-0.2, 0) is 9.47 Å². The van der Waals surface area contributed by atoms with Crippen molar-refractivity contribution < 1.29 is 23.5 Å². The number of methoxy groups -OCH3 is 1. The van der Waals surface area contributed by atoms with Gasteiger partial charge >= 0.3 is 12.0 Å². The molecule has 0 spiro atoms. The topological polar surface area (TPSA) is 81.0 Å². The first-order valence-corrected chi connectivity index (χ1v) is 8.58. The Balaban J connectivity index is 1.71. The number of amides is 2. The first kappa shape index (κ1) is 17.4. The summed E-state index contributed by atoms with van der Waals surface area (Å²) in [6, 6.07) is 10.5. The number of hydrogen-bond donors (Lipinski definition) is 1. The third-order valence-electron chi connectivity index (χ3n) is 3.61. The predicted octanol–water partition coefficient (Wildman–Crippen LogP) is 3.08. The van der Waals surface area contributed by atoms with E-state index in [0.717, 1.165) is 4.90 Å². The van der Waals surface area contributed by atoms with Crippen molar-refractivity contribution in [1.29, 1.82) is 0 Å². The van der Waals surface area contributed by atoms with Crippen molar-refractivity contribution in [1.82, 2.24) is 4.90 Å². The van der Waals surface area contributed by atoms with Crippen LogP contribution in [0, 0.1) is 0 Å². The number of ether oxygens (including phenoxy) is 2. The van der Waals surface area contributed by atoms with Crippen LogP contribution in [0.1, 0.15) is 10.6 Å². The Morgan fingerprint density at radius 3 is 2.68 bits per heavy atom. The van der Waals surface area contributed by atoms with Gasteiger partial charge in [-0.05, 0) is 36.0 Å². The molecule has 132 valence electrons. The Hall–Kier alpha value is -2.45. The Morgan fingerprint density at radius 1 is 1.16 bits per heavy atom.